The summed E-state index contributed by atoms with van der Waals surface area (Å²) in [5.41, 5.74) is -5.16. The molecule has 2 aromatic carbocycles. The molecular weight excluding hydrogens is 704 g/mol. The summed E-state index contributed by atoms with van der Waals surface area (Å²) in [5, 5.41) is 53.7. The van der Waals surface area contributed by atoms with Crippen molar-refractivity contribution in [2.45, 2.75) is 120 Å². The molecule has 0 spiro atoms. The fourth-order valence-corrected chi connectivity index (χ4v) is 7.38. The SMILES string of the molecule is CC(=O)OC(CCCC12OC(C(=O)O)C(O)(C(=O)O)C(C(=O)O)(O1)C(OC(=O)CC/C=C/C(C)CCCc1ccccc1)C2O)C(C)Cc1ccccc1. The minimum atomic E-state index is -3.86. The van der Waals surface area contributed by atoms with Gasteiger partial charge in [0.15, 0.2) is 6.10 Å². The van der Waals surface area contributed by atoms with Gasteiger partial charge in [-0.25, -0.2) is 14.4 Å². The number of ether oxygens (including phenoxy) is 4. The van der Waals surface area contributed by atoms with Crippen molar-refractivity contribution in [3.05, 3.63) is 83.9 Å². The van der Waals surface area contributed by atoms with E-state index >= 15 is 0 Å². The number of benzene rings is 2. The number of hydrogen-bond acceptors (Lipinski definition) is 11. The largest absolute Gasteiger partial charge is 0.479 e. The maximum Gasteiger partial charge on any atom is 0.344 e. The minimum absolute atomic E-state index is 0.0311. The van der Waals surface area contributed by atoms with Gasteiger partial charge < -0.3 is 44.5 Å². The first-order chi connectivity index (χ1) is 25.6. The number of hydrogen-bond donors (Lipinski definition) is 5. The van der Waals surface area contributed by atoms with E-state index in [4.69, 9.17) is 18.9 Å². The van der Waals surface area contributed by atoms with E-state index in [9.17, 15) is 49.5 Å². The molecule has 2 saturated heterocycles. The van der Waals surface area contributed by atoms with E-state index in [0.29, 0.717) is 6.42 Å². The molecule has 2 heterocycles. The summed E-state index contributed by atoms with van der Waals surface area (Å²) >= 11 is 0. The van der Waals surface area contributed by atoms with Crippen molar-refractivity contribution >= 4 is 29.8 Å². The number of carboxylic acids is 3. The van der Waals surface area contributed by atoms with Crippen LogP contribution in [-0.2, 0) is 55.8 Å². The molecule has 294 valence electrons. The zero-order valence-electron chi connectivity index (χ0n) is 30.7. The van der Waals surface area contributed by atoms with Gasteiger partial charge in [0.2, 0.25) is 23.1 Å². The summed E-state index contributed by atoms with van der Waals surface area (Å²) in [5.74, 6) is -10.8. The van der Waals surface area contributed by atoms with E-state index in [-0.39, 0.29) is 37.5 Å². The molecule has 5 N–H and O–H groups in total. The molecule has 9 unspecified atom stereocenters. The average molecular weight is 755 g/mol. The summed E-state index contributed by atoms with van der Waals surface area (Å²) in [6.07, 6.45) is -1.75. The Bertz CT molecular complexity index is 1650. The number of rotatable bonds is 20. The van der Waals surface area contributed by atoms with Crippen LogP contribution in [0.25, 0.3) is 0 Å². The van der Waals surface area contributed by atoms with Gasteiger partial charge in [-0.05, 0) is 67.9 Å². The Morgan fingerprint density at radius 1 is 0.889 bits per heavy atom. The number of carboxylic acid groups (broad SMARTS) is 3. The van der Waals surface area contributed by atoms with Gasteiger partial charge in [0.1, 0.15) is 12.2 Å². The van der Waals surface area contributed by atoms with Crippen LogP contribution in [-0.4, -0.2) is 96.8 Å². The maximum absolute atomic E-state index is 13.2. The van der Waals surface area contributed by atoms with E-state index < -0.39 is 77.7 Å². The lowest BCUT2D eigenvalue weighted by Crippen LogP contribution is -2.78. The Balaban J connectivity index is 1.51. The lowest BCUT2D eigenvalue weighted by Gasteiger charge is -2.48. The molecule has 2 aliphatic rings. The predicted molar refractivity (Wildman–Crippen MR) is 191 cm³/mol. The minimum Gasteiger partial charge on any atom is -0.479 e. The smallest absolute Gasteiger partial charge is 0.344 e. The van der Waals surface area contributed by atoms with E-state index in [1.54, 1.807) is 6.08 Å². The molecule has 9 atom stereocenters. The zero-order chi connectivity index (χ0) is 39.7. The molecule has 0 radical (unpaired) electrons. The molecule has 4 rings (SSSR count). The Morgan fingerprint density at radius 2 is 1.52 bits per heavy atom. The van der Waals surface area contributed by atoms with E-state index in [1.807, 2.05) is 68.5 Å². The van der Waals surface area contributed by atoms with Crippen molar-refractivity contribution < 1.29 is 68.5 Å². The third-order valence-corrected chi connectivity index (χ3v) is 10.2. The third kappa shape index (κ3) is 9.17. The second-order valence-corrected chi connectivity index (χ2v) is 14.2. The standard InChI is InChI=1S/C40H50O14/c1-25(15-12-20-28-16-6-4-7-17-28)14-10-11-22-31(42)52-33-32(43)38(53-34(35(44)45)39(50,36(46)47)40(33,54-38)37(48)49)23-13-21-30(51-27(3)41)26(2)24-29-18-8-5-9-19-29/h4-10,14,16-19,25-26,30,32-34,43,50H,11-13,15,20-24H2,1-3H3,(H,44,45)(H,46,47)(H,48,49)/b14-10+. The molecule has 14 heteroatoms. The number of fused-ring (bicyclic) bond motifs is 2. The van der Waals surface area contributed by atoms with Gasteiger partial charge in [0.25, 0.3) is 0 Å². The summed E-state index contributed by atoms with van der Waals surface area (Å²) in [4.78, 5) is 63.2. The van der Waals surface area contributed by atoms with Crippen LogP contribution in [0, 0.1) is 11.8 Å². The third-order valence-electron chi connectivity index (χ3n) is 10.2. The van der Waals surface area contributed by atoms with Gasteiger partial charge in [-0.3, -0.25) is 9.59 Å². The Hall–Kier alpha value is -4.63. The fourth-order valence-electron chi connectivity index (χ4n) is 7.38. The number of allylic oxidation sites excluding steroid dienone is 2. The first kappa shape index (κ1) is 42.1. The van der Waals surface area contributed by atoms with Crippen molar-refractivity contribution in [1.29, 1.82) is 0 Å². The Morgan fingerprint density at radius 3 is 2.09 bits per heavy atom. The number of carbonyl (C=O) groups is 5. The topological polar surface area (TPSA) is 223 Å². The van der Waals surface area contributed by atoms with Crippen LogP contribution in [0.1, 0.15) is 76.8 Å². The fraction of sp³-hybridized carbons (Fsp3) is 0.525. The van der Waals surface area contributed by atoms with Crippen molar-refractivity contribution in [2.24, 2.45) is 11.8 Å². The van der Waals surface area contributed by atoms with Crippen molar-refractivity contribution in [2.75, 3.05) is 0 Å². The van der Waals surface area contributed by atoms with Crippen LogP contribution in [0.5, 0.6) is 0 Å². The molecule has 54 heavy (non-hydrogen) atoms. The van der Waals surface area contributed by atoms with E-state index in [2.05, 4.69) is 12.1 Å². The number of aliphatic hydroxyl groups excluding tert-OH is 1. The second kappa shape index (κ2) is 18.1. The number of carbonyl (C=O) groups excluding carboxylic acids is 2. The molecule has 2 aromatic rings. The van der Waals surface area contributed by atoms with Crippen LogP contribution < -0.4 is 0 Å². The highest BCUT2D eigenvalue weighted by atomic mass is 16.8. The van der Waals surface area contributed by atoms with Crippen LogP contribution in [0.15, 0.2) is 72.8 Å². The van der Waals surface area contributed by atoms with Gasteiger partial charge >= 0.3 is 29.8 Å². The van der Waals surface area contributed by atoms with Gasteiger partial charge in [0.05, 0.1) is 0 Å². The number of aliphatic hydroxyl groups is 2. The van der Waals surface area contributed by atoms with Crippen LogP contribution in [0.4, 0.5) is 0 Å². The van der Waals surface area contributed by atoms with Gasteiger partial charge in [-0.2, -0.15) is 0 Å². The monoisotopic (exact) mass is 754 g/mol. The molecule has 0 amide bonds. The van der Waals surface area contributed by atoms with Gasteiger partial charge in [-0.15, -0.1) is 0 Å². The summed E-state index contributed by atoms with van der Waals surface area (Å²) in [7, 11) is 0. The second-order valence-electron chi connectivity index (χ2n) is 14.2. The molecular formula is C40H50O14. The van der Waals surface area contributed by atoms with Crippen LogP contribution in [0.2, 0.25) is 0 Å². The van der Waals surface area contributed by atoms with Crippen LogP contribution in [0.3, 0.4) is 0 Å². The highest BCUT2D eigenvalue weighted by Crippen LogP contribution is 2.55. The van der Waals surface area contributed by atoms with Crippen molar-refractivity contribution in [3.8, 4) is 0 Å². The Labute approximate surface area is 313 Å². The Kier molecular flexibility index (Phi) is 14.1. The summed E-state index contributed by atoms with van der Waals surface area (Å²) in [6, 6.07) is 19.4. The highest BCUT2D eigenvalue weighted by molar-refractivity contribution is 5.98. The van der Waals surface area contributed by atoms with Gasteiger partial charge in [-0.1, -0.05) is 86.7 Å². The predicted octanol–water partition coefficient (Wildman–Crippen LogP) is 4.08. The van der Waals surface area contributed by atoms with Gasteiger partial charge in [0, 0.05) is 19.8 Å². The molecule has 0 saturated carbocycles. The summed E-state index contributed by atoms with van der Waals surface area (Å²) < 4.78 is 22.2. The molecule has 2 aliphatic heterocycles. The highest BCUT2D eigenvalue weighted by Gasteiger charge is 2.85. The summed E-state index contributed by atoms with van der Waals surface area (Å²) in [6.45, 7) is 5.12. The lowest BCUT2D eigenvalue weighted by molar-refractivity contribution is -0.374. The molecule has 0 aliphatic carbocycles. The first-order valence-electron chi connectivity index (χ1n) is 18.2. The van der Waals surface area contributed by atoms with E-state index in [1.165, 1.54) is 12.5 Å². The average Bonchev–Trinajstić information content (AvgIpc) is 3.33. The molecule has 0 aromatic heterocycles. The lowest BCUT2D eigenvalue weighted by atomic mass is 9.74. The normalized spacial score (nSPS) is 27.8. The number of esters is 2. The molecule has 2 bridgehead atoms. The zero-order valence-corrected chi connectivity index (χ0v) is 30.7. The first-order valence-corrected chi connectivity index (χ1v) is 18.2. The molecule has 14 nitrogen and oxygen atoms in total. The number of aliphatic carboxylic acids is 3. The number of aryl methyl sites for hydroxylation is 1. The maximum atomic E-state index is 13.2. The van der Waals surface area contributed by atoms with Crippen molar-refractivity contribution in [3.63, 3.8) is 0 Å². The van der Waals surface area contributed by atoms with Crippen molar-refractivity contribution in [1.82, 2.24) is 0 Å². The molecule has 2 fully saturated rings. The quantitative estimate of drug-likeness (QED) is 0.0950. The van der Waals surface area contributed by atoms with Crippen LogP contribution >= 0.6 is 0 Å². The van der Waals surface area contributed by atoms with E-state index in [0.717, 1.165) is 24.8 Å².